The van der Waals surface area contributed by atoms with Gasteiger partial charge in [0.15, 0.2) is 0 Å². The van der Waals surface area contributed by atoms with E-state index in [9.17, 15) is 9.59 Å². The summed E-state index contributed by atoms with van der Waals surface area (Å²) in [6.07, 6.45) is 5.02. The molecule has 2 fully saturated rings. The summed E-state index contributed by atoms with van der Waals surface area (Å²) in [5.41, 5.74) is 1.21. The van der Waals surface area contributed by atoms with E-state index < -0.39 is 0 Å². The zero-order valence-corrected chi connectivity index (χ0v) is 15.7. The second-order valence-electron chi connectivity index (χ2n) is 7.55. The summed E-state index contributed by atoms with van der Waals surface area (Å²) in [5.74, 6) is -0.0218. The Morgan fingerprint density at radius 3 is 2.46 bits per heavy atom. The van der Waals surface area contributed by atoms with Crippen LogP contribution in [0.4, 0.5) is 0 Å². The number of benzene rings is 1. The molecule has 1 aliphatic carbocycles. The maximum absolute atomic E-state index is 12.6. The summed E-state index contributed by atoms with van der Waals surface area (Å²) in [7, 11) is 0. The summed E-state index contributed by atoms with van der Waals surface area (Å²) >= 11 is 0. The first kappa shape index (κ1) is 18.6. The molecule has 2 amide bonds. The second kappa shape index (κ2) is 8.49. The van der Waals surface area contributed by atoms with Crippen molar-refractivity contribution in [3.8, 4) is 0 Å². The third-order valence-corrected chi connectivity index (χ3v) is 5.03. The highest BCUT2D eigenvalue weighted by molar-refractivity contribution is 5.92. The summed E-state index contributed by atoms with van der Waals surface area (Å²) in [4.78, 5) is 28.9. The number of rotatable bonds is 6. The number of amides is 2. The molecule has 2 unspecified atom stereocenters. The summed E-state index contributed by atoms with van der Waals surface area (Å²) in [6.45, 7) is 8.09. The summed E-state index contributed by atoms with van der Waals surface area (Å²) in [5, 5.41) is 2.91. The Morgan fingerprint density at radius 1 is 1.12 bits per heavy atom. The van der Waals surface area contributed by atoms with Gasteiger partial charge < -0.3 is 10.2 Å². The molecule has 140 valence electrons. The van der Waals surface area contributed by atoms with E-state index >= 15 is 0 Å². The van der Waals surface area contributed by atoms with Gasteiger partial charge in [0.25, 0.3) is 0 Å². The molecular formula is C21H29N3O2. The molecule has 1 saturated heterocycles. The van der Waals surface area contributed by atoms with Crippen LogP contribution in [0.15, 0.2) is 36.4 Å². The lowest BCUT2D eigenvalue weighted by Gasteiger charge is -2.34. The lowest BCUT2D eigenvalue weighted by atomic mass is 10.2. The minimum atomic E-state index is -0.114. The normalized spacial score (nSPS) is 23.4. The number of nitrogens with zero attached hydrogens (tertiary/aromatic N) is 2. The fraction of sp³-hybridized carbons (Fsp3) is 0.524. The Balaban J connectivity index is 1.39. The van der Waals surface area contributed by atoms with Crippen LogP contribution in [0.25, 0.3) is 6.08 Å². The SMILES string of the molecule is CC(C)NC(=O)C1CC1C(=O)N1CCN(C/C=C/c2ccccc2)CC1. The fourth-order valence-electron chi connectivity index (χ4n) is 3.44. The zero-order chi connectivity index (χ0) is 18.5. The van der Waals surface area contributed by atoms with Crippen LogP contribution in [-0.4, -0.2) is 60.4 Å². The van der Waals surface area contributed by atoms with E-state index in [0.29, 0.717) is 6.42 Å². The Bertz CT molecular complexity index is 648. The molecule has 3 rings (SSSR count). The van der Waals surface area contributed by atoms with Gasteiger partial charge in [-0.1, -0.05) is 42.5 Å². The van der Waals surface area contributed by atoms with Gasteiger partial charge in [0.05, 0.1) is 11.8 Å². The zero-order valence-electron chi connectivity index (χ0n) is 15.7. The van der Waals surface area contributed by atoms with E-state index in [0.717, 1.165) is 32.7 Å². The maximum atomic E-state index is 12.6. The number of nitrogens with one attached hydrogen (secondary N) is 1. The molecule has 0 bridgehead atoms. The summed E-state index contributed by atoms with van der Waals surface area (Å²) < 4.78 is 0. The molecule has 0 spiro atoms. The largest absolute Gasteiger partial charge is 0.354 e. The van der Waals surface area contributed by atoms with Crippen LogP contribution in [0.2, 0.25) is 0 Å². The molecule has 5 heteroatoms. The third-order valence-electron chi connectivity index (χ3n) is 5.03. The van der Waals surface area contributed by atoms with Crippen molar-refractivity contribution < 1.29 is 9.59 Å². The van der Waals surface area contributed by atoms with Crippen LogP contribution >= 0.6 is 0 Å². The van der Waals surface area contributed by atoms with Gasteiger partial charge >= 0.3 is 0 Å². The number of hydrogen-bond acceptors (Lipinski definition) is 3. The Labute approximate surface area is 156 Å². The van der Waals surface area contributed by atoms with Crippen LogP contribution < -0.4 is 5.32 Å². The highest BCUT2D eigenvalue weighted by Crippen LogP contribution is 2.40. The molecule has 2 atom stereocenters. The maximum Gasteiger partial charge on any atom is 0.226 e. The van der Waals surface area contributed by atoms with Crippen molar-refractivity contribution in [2.45, 2.75) is 26.3 Å². The third kappa shape index (κ3) is 4.94. The Hall–Kier alpha value is -2.14. The van der Waals surface area contributed by atoms with Crippen LogP contribution in [0.5, 0.6) is 0 Å². The minimum Gasteiger partial charge on any atom is -0.354 e. The lowest BCUT2D eigenvalue weighted by molar-refractivity contribution is -0.136. The van der Waals surface area contributed by atoms with Gasteiger partial charge in [-0.25, -0.2) is 0 Å². The van der Waals surface area contributed by atoms with Gasteiger partial charge in [0, 0.05) is 38.8 Å². The van der Waals surface area contributed by atoms with Gasteiger partial charge in [-0.05, 0) is 25.8 Å². The van der Waals surface area contributed by atoms with Crippen molar-refractivity contribution >= 4 is 17.9 Å². The van der Waals surface area contributed by atoms with E-state index in [1.807, 2.05) is 36.9 Å². The molecule has 1 N–H and O–H groups in total. The van der Waals surface area contributed by atoms with Gasteiger partial charge in [-0.3, -0.25) is 14.5 Å². The van der Waals surface area contributed by atoms with Crippen LogP contribution in [0, 0.1) is 11.8 Å². The second-order valence-corrected chi connectivity index (χ2v) is 7.55. The van der Waals surface area contributed by atoms with Crippen molar-refractivity contribution in [1.82, 2.24) is 15.1 Å². The van der Waals surface area contributed by atoms with Crippen LogP contribution in [0.1, 0.15) is 25.8 Å². The van der Waals surface area contributed by atoms with Gasteiger partial charge in [-0.15, -0.1) is 0 Å². The number of hydrogen-bond donors (Lipinski definition) is 1. The smallest absolute Gasteiger partial charge is 0.226 e. The summed E-state index contributed by atoms with van der Waals surface area (Å²) in [6, 6.07) is 10.4. The molecule has 1 aliphatic heterocycles. The highest BCUT2D eigenvalue weighted by atomic mass is 16.2. The molecule has 1 heterocycles. The van der Waals surface area contributed by atoms with E-state index in [2.05, 4.69) is 34.5 Å². The van der Waals surface area contributed by atoms with Crippen molar-refractivity contribution in [3.63, 3.8) is 0 Å². The molecule has 0 radical (unpaired) electrons. The molecular weight excluding hydrogens is 326 g/mol. The Kier molecular flexibility index (Phi) is 6.09. The number of piperazine rings is 1. The van der Waals surface area contributed by atoms with E-state index in [1.54, 1.807) is 0 Å². The predicted octanol–water partition coefficient (Wildman–Crippen LogP) is 2.00. The topological polar surface area (TPSA) is 52.7 Å². The molecule has 0 aromatic heterocycles. The molecule has 1 aromatic rings. The number of carbonyl (C=O) groups excluding carboxylic acids is 2. The fourth-order valence-corrected chi connectivity index (χ4v) is 3.44. The van der Waals surface area contributed by atoms with Gasteiger partial charge in [0.1, 0.15) is 0 Å². The quantitative estimate of drug-likeness (QED) is 0.849. The van der Waals surface area contributed by atoms with Crippen molar-refractivity contribution in [3.05, 3.63) is 42.0 Å². The average Bonchev–Trinajstić information content (AvgIpc) is 3.43. The monoisotopic (exact) mass is 355 g/mol. The highest BCUT2D eigenvalue weighted by Gasteiger charge is 2.49. The van der Waals surface area contributed by atoms with Crippen molar-refractivity contribution in [2.24, 2.45) is 11.8 Å². The molecule has 1 saturated carbocycles. The first-order valence-electron chi connectivity index (χ1n) is 9.57. The molecule has 26 heavy (non-hydrogen) atoms. The first-order chi connectivity index (χ1) is 12.5. The Morgan fingerprint density at radius 2 is 1.81 bits per heavy atom. The van der Waals surface area contributed by atoms with E-state index in [4.69, 9.17) is 0 Å². The standard InChI is InChI=1S/C21H29N3O2/c1-16(2)22-20(25)18-15-19(18)21(26)24-13-11-23(12-14-24)10-6-9-17-7-4-3-5-8-17/h3-9,16,18-19H,10-15H2,1-2H3,(H,22,25)/b9-6+. The van der Waals surface area contributed by atoms with Crippen LogP contribution in [-0.2, 0) is 9.59 Å². The molecule has 5 nitrogen and oxygen atoms in total. The first-order valence-corrected chi connectivity index (χ1v) is 9.57. The number of carbonyl (C=O) groups is 2. The lowest BCUT2D eigenvalue weighted by Crippen LogP contribution is -2.49. The molecule has 2 aliphatic rings. The minimum absolute atomic E-state index is 0.0306. The van der Waals surface area contributed by atoms with Gasteiger partial charge in [-0.2, -0.15) is 0 Å². The van der Waals surface area contributed by atoms with Crippen molar-refractivity contribution in [1.29, 1.82) is 0 Å². The van der Waals surface area contributed by atoms with E-state index in [-0.39, 0.29) is 29.7 Å². The molecule has 1 aromatic carbocycles. The van der Waals surface area contributed by atoms with Crippen molar-refractivity contribution in [2.75, 3.05) is 32.7 Å². The predicted molar refractivity (Wildman–Crippen MR) is 103 cm³/mol. The van der Waals surface area contributed by atoms with Crippen LogP contribution in [0.3, 0.4) is 0 Å². The average molecular weight is 355 g/mol. The van der Waals surface area contributed by atoms with E-state index in [1.165, 1.54) is 5.56 Å². The van der Waals surface area contributed by atoms with Gasteiger partial charge in [0.2, 0.25) is 11.8 Å².